The monoisotopic (exact) mass is 250 g/mol. The quantitative estimate of drug-likeness (QED) is 0.840. The summed E-state index contributed by atoms with van der Waals surface area (Å²) < 4.78 is 0. The van der Waals surface area contributed by atoms with Crippen LogP contribution in [-0.2, 0) is 6.54 Å². The summed E-state index contributed by atoms with van der Waals surface area (Å²) >= 11 is 0. The van der Waals surface area contributed by atoms with Gasteiger partial charge in [-0.1, -0.05) is 6.42 Å². The summed E-state index contributed by atoms with van der Waals surface area (Å²) in [7, 11) is 1.86. The number of hydrogen-bond acceptors (Lipinski definition) is 5. The van der Waals surface area contributed by atoms with E-state index in [4.69, 9.17) is 0 Å². The van der Waals surface area contributed by atoms with Crippen LogP contribution in [0.3, 0.4) is 0 Å². The van der Waals surface area contributed by atoms with E-state index in [-0.39, 0.29) is 12.6 Å². The van der Waals surface area contributed by atoms with Gasteiger partial charge in [-0.3, -0.25) is 4.90 Å². The van der Waals surface area contributed by atoms with Crippen LogP contribution in [0, 0.1) is 6.92 Å². The van der Waals surface area contributed by atoms with Gasteiger partial charge in [0.25, 0.3) is 0 Å². The van der Waals surface area contributed by atoms with E-state index in [0.717, 1.165) is 36.8 Å². The standard InChI is InChI=1S/C13H22N4O/c1-10-7-12(14-2)16-13(15-10)8-17-6-4-3-5-11(17)9-18/h7,11,18H,3-6,8-9H2,1-2H3,(H,14,15,16). The van der Waals surface area contributed by atoms with Crippen LogP contribution < -0.4 is 5.32 Å². The van der Waals surface area contributed by atoms with Crippen LogP contribution in [-0.4, -0.2) is 46.2 Å². The molecule has 0 spiro atoms. The maximum Gasteiger partial charge on any atom is 0.144 e. The third-order valence-corrected chi connectivity index (χ3v) is 3.46. The number of hydrogen-bond donors (Lipinski definition) is 2. The molecule has 1 aliphatic rings. The largest absolute Gasteiger partial charge is 0.395 e. The maximum atomic E-state index is 9.40. The average molecular weight is 250 g/mol. The second-order valence-corrected chi connectivity index (χ2v) is 4.86. The van der Waals surface area contributed by atoms with Crippen molar-refractivity contribution < 1.29 is 5.11 Å². The second kappa shape index (κ2) is 6.11. The zero-order chi connectivity index (χ0) is 13.0. The summed E-state index contributed by atoms with van der Waals surface area (Å²) in [6.07, 6.45) is 3.47. The molecule has 1 atom stereocenters. The first-order chi connectivity index (χ1) is 8.72. The Morgan fingerprint density at radius 2 is 2.28 bits per heavy atom. The summed E-state index contributed by atoms with van der Waals surface area (Å²) in [6.45, 7) is 3.95. The Morgan fingerprint density at radius 1 is 1.44 bits per heavy atom. The molecule has 0 amide bonds. The van der Waals surface area contributed by atoms with Crippen molar-refractivity contribution in [2.75, 3.05) is 25.5 Å². The minimum absolute atomic E-state index is 0.227. The molecule has 1 aromatic rings. The van der Waals surface area contributed by atoms with E-state index in [1.54, 1.807) is 0 Å². The van der Waals surface area contributed by atoms with Crippen LogP contribution in [0.15, 0.2) is 6.07 Å². The van der Waals surface area contributed by atoms with Crippen molar-refractivity contribution in [3.8, 4) is 0 Å². The van der Waals surface area contributed by atoms with E-state index in [1.165, 1.54) is 12.8 Å². The summed E-state index contributed by atoms with van der Waals surface area (Å²) in [4.78, 5) is 11.2. The van der Waals surface area contributed by atoms with E-state index in [2.05, 4.69) is 20.2 Å². The van der Waals surface area contributed by atoms with Crippen LogP contribution in [0.4, 0.5) is 5.82 Å². The molecule has 1 unspecified atom stereocenters. The second-order valence-electron chi connectivity index (χ2n) is 4.86. The van der Waals surface area contributed by atoms with Crippen molar-refractivity contribution in [3.63, 3.8) is 0 Å². The molecule has 1 aliphatic heterocycles. The Morgan fingerprint density at radius 3 is 3.00 bits per heavy atom. The van der Waals surface area contributed by atoms with Gasteiger partial charge in [0.15, 0.2) is 0 Å². The lowest BCUT2D eigenvalue weighted by molar-refractivity contribution is 0.0819. The smallest absolute Gasteiger partial charge is 0.144 e. The molecule has 2 heterocycles. The van der Waals surface area contributed by atoms with Gasteiger partial charge in [-0.2, -0.15) is 0 Å². The maximum absolute atomic E-state index is 9.40. The first-order valence-corrected chi connectivity index (χ1v) is 6.60. The molecule has 0 saturated carbocycles. The topological polar surface area (TPSA) is 61.3 Å². The molecule has 5 heteroatoms. The molecule has 18 heavy (non-hydrogen) atoms. The molecule has 1 aromatic heterocycles. The molecule has 1 saturated heterocycles. The lowest BCUT2D eigenvalue weighted by atomic mass is 10.0. The van der Waals surface area contributed by atoms with E-state index < -0.39 is 0 Å². The summed E-state index contributed by atoms with van der Waals surface area (Å²) in [5.74, 6) is 1.69. The van der Waals surface area contributed by atoms with Gasteiger partial charge in [0.05, 0.1) is 13.2 Å². The lowest BCUT2D eigenvalue weighted by Gasteiger charge is -2.33. The zero-order valence-electron chi connectivity index (χ0n) is 11.2. The lowest BCUT2D eigenvalue weighted by Crippen LogP contribution is -2.41. The van der Waals surface area contributed by atoms with Crippen molar-refractivity contribution >= 4 is 5.82 Å². The summed E-state index contributed by atoms with van der Waals surface area (Å²) in [5, 5.41) is 12.5. The summed E-state index contributed by atoms with van der Waals surface area (Å²) in [5.41, 5.74) is 0.974. The number of nitrogens with one attached hydrogen (secondary N) is 1. The third kappa shape index (κ3) is 3.17. The van der Waals surface area contributed by atoms with Gasteiger partial charge in [0, 0.05) is 24.8 Å². The van der Waals surface area contributed by atoms with Crippen molar-refractivity contribution in [2.24, 2.45) is 0 Å². The number of nitrogens with zero attached hydrogens (tertiary/aromatic N) is 3. The highest BCUT2D eigenvalue weighted by Gasteiger charge is 2.22. The predicted octanol–water partition coefficient (Wildman–Crippen LogP) is 1.17. The molecule has 100 valence electrons. The number of rotatable bonds is 4. The molecule has 2 N–H and O–H groups in total. The SMILES string of the molecule is CNc1cc(C)nc(CN2CCCCC2CO)n1. The number of aliphatic hydroxyl groups is 1. The fourth-order valence-corrected chi connectivity index (χ4v) is 2.49. The fourth-order valence-electron chi connectivity index (χ4n) is 2.49. The first-order valence-electron chi connectivity index (χ1n) is 6.60. The molecule has 0 aromatic carbocycles. The van der Waals surface area contributed by atoms with E-state index in [0.29, 0.717) is 0 Å². The van der Waals surface area contributed by atoms with Gasteiger partial charge in [0.1, 0.15) is 11.6 Å². The van der Waals surface area contributed by atoms with Crippen molar-refractivity contribution in [2.45, 2.75) is 38.8 Å². The van der Waals surface area contributed by atoms with E-state index in [1.807, 2.05) is 20.0 Å². The van der Waals surface area contributed by atoms with Gasteiger partial charge in [-0.25, -0.2) is 9.97 Å². The van der Waals surface area contributed by atoms with Gasteiger partial charge in [-0.15, -0.1) is 0 Å². The average Bonchev–Trinajstić information content (AvgIpc) is 2.38. The van der Waals surface area contributed by atoms with Crippen LogP contribution in [0.5, 0.6) is 0 Å². The number of likely N-dealkylation sites (tertiary alicyclic amines) is 1. The van der Waals surface area contributed by atoms with Crippen molar-refractivity contribution in [1.82, 2.24) is 14.9 Å². The number of piperidine rings is 1. The van der Waals surface area contributed by atoms with Crippen molar-refractivity contribution in [1.29, 1.82) is 0 Å². The number of aromatic nitrogens is 2. The minimum Gasteiger partial charge on any atom is -0.395 e. The van der Waals surface area contributed by atoms with Gasteiger partial charge in [0.2, 0.25) is 0 Å². The molecule has 0 radical (unpaired) electrons. The normalized spacial score (nSPS) is 20.9. The minimum atomic E-state index is 0.227. The number of anilines is 1. The Bertz CT molecular complexity index is 397. The fraction of sp³-hybridized carbons (Fsp3) is 0.692. The molecule has 2 rings (SSSR count). The number of aryl methyl sites for hydroxylation is 1. The highest BCUT2D eigenvalue weighted by molar-refractivity contribution is 5.34. The molecule has 1 fully saturated rings. The van der Waals surface area contributed by atoms with Gasteiger partial charge < -0.3 is 10.4 Å². The Hall–Kier alpha value is -1.20. The molecule has 5 nitrogen and oxygen atoms in total. The third-order valence-electron chi connectivity index (χ3n) is 3.46. The highest BCUT2D eigenvalue weighted by Crippen LogP contribution is 2.18. The first kappa shape index (κ1) is 13.2. The van der Waals surface area contributed by atoms with Gasteiger partial charge >= 0.3 is 0 Å². The van der Waals surface area contributed by atoms with E-state index in [9.17, 15) is 5.11 Å². The molecular formula is C13H22N4O. The Kier molecular flexibility index (Phi) is 4.49. The Balaban J connectivity index is 2.09. The van der Waals surface area contributed by atoms with Crippen LogP contribution >= 0.6 is 0 Å². The number of aliphatic hydroxyl groups excluding tert-OH is 1. The predicted molar refractivity (Wildman–Crippen MR) is 71.5 cm³/mol. The van der Waals surface area contributed by atoms with Crippen LogP contribution in [0.1, 0.15) is 30.8 Å². The molecular weight excluding hydrogens is 228 g/mol. The van der Waals surface area contributed by atoms with Crippen LogP contribution in [0.2, 0.25) is 0 Å². The molecule has 0 bridgehead atoms. The van der Waals surface area contributed by atoms with Crippen molar-refractivity contribution in [3.05, 3.63) is 17.6 Å². The van der Waals surface area contributed by atoms with Gasteiger partial charge in [-0.05, 0) is 26.3 Å². The Labute approximate surface area is 108 Å². The highest BCUT2D eigenvalue weighted by atomic mass is 16.3. The zero-order valence-corrected chi connectivity index (χ0v) is 11.2. The molecule has 0 aliphatic carbocycles. The van der Waals surface area contributed by atoms with E-state index >= 15 is 0 Å². The summed E-state index contributed by atoms with van der Waals surface area (Å²) in [6, 6.07) is 2.20. The van der Waals surface area contributed by atoms with Crippen LogP contribution in [0.25, 0.3) is 0 Å².